The average molecular weight is 211 g/mol. The van der Waals surface area contributed by atoms with Crippen molar-refractivity contribution < 1.29 is 5.11 Å². The van der Waals surface area contributed by atoms with Crippen molar-refractivity contribution in [1.82, 2.24) is 4.90 Å². The van der Waals surface area contributed by atoms with Crippen LogP contribution in [0.25, 0.3) is 0 Å². The Morgan fingerprint density at radius 1 is 1.13 bits per heavy atom. The monoisotopic (exact) mass is 211 g/mol. The standard InChI is InChI=1S/C13H25NO/c1-14(9-11-5-4-6-11)10-13(15)12-7-2-3-8-12/h11-13,15H,2-10H2,1H3. The van der Waals surface area contributed by atoms with Crippen LogP contribution in [-0.2, 0) is 0 Å². The highest BCUT2D eigenvalue weighted by Crippen LogP contribution is 2.29. The molecule has 2 fully saturated rings. The van der Waals surface area contributed by atoms with Gasteiger partial charge in [0.25, 0.3) is 0 Å². The number of likely N-dealkylation sites (N-methyl/N-ethyl adjacent to an activating group) is 1. The van der Waals surface area contributed by atoms with Crippen molar-refractivity contribution >= 4 is 0 Å². The first-order valence-electron chi connectivity index (χ1n) is 6.62. The summed E-state index contributed by atoms with van der Waals surface area (Å²) in [5.41, 5.74) is 0. The third-order valence-corrected chi connectivity index (χ3v) is 4.24. The molecule has 1 atom stereocenters. The topological polar surface area (TPSA) is 23.5 Å². The molecule has 0 aromatic heterocycles. The Balaban J connectivity index is 1.65. The second-order valence-electron chi connectivity index (χ2n) is 5.63. The number of rotatable bonds is 5. The molecule has 0 amide bonds. The van der Waals surface area contributed by atoms with Crippen molar-refractivity contribution in [3.05, 3.63) is 0 Å². The molecule has 88 valence electrons. The summed E-state index contributed by atoms with van der Waals surface area (Å²) in [5, 5.41) is 10.1. The van der Waals surface area contributed by atoms with Gasteiger partial charge in [0.2, 0.25) is 0 Å². The minimum Gasteiger partial charge on any atom is -0.392 e. The summed E-state index contributed by atoms with van der Waals surface area (Å²) in [7, 11) is 2.16. The molecule has 0 bridgehead atoms. The Labute approximate surface area is 93.7 Å². The number of hydrogen-bond acceptors (Lipinski definition) is 2. The highest BCUT2D eigenvalue weighted by molar-refractivity contribution is 4.78. The van der Waals surface area contributed by atoms with E-state index in [1.54, 1.807) is 0 Å². The lowest BCUT2D eigenvalue weighted by atomic mass is 9.85. The minimum atomic E-state index is -0.0717. The summed E-state index contributed by atoms with van der Waals surface area (Å²) in [6, 6.07) is 0. The van der Waals surface area contributed by atoms with Crippen LogP contribution >= 0.6 is 0 Å². The maximum Gasteiger partial charge on any atom is 0.0695 e. The molecule has 15 heavy (non-hydrogen) atoms. The first-order valence-corrected chi connectivity index (χ1v) is 6.62. The summed E-state index contributed by atoms with van der Waals surface area (Å²) in [4.78, 5) is 2.34. The van der Waals surface area contributed by atoms with Gasteiger partial charge in [0.05, 0.1) is 6.10 Å². The first kappa shape index (κ1) is 11.4. The van der Waals surface area contributed by atoms with Crippen molar-refractivity contribution in [2.75, 3.05) is 20.1 Å². The minimum absolute atomic E-state index is 0.0717. The Hall–Kier alpha value is -0.0800. The van der Waals surface area contributed by atoms with Gasteiger partial charge in [-0.15, -0.1) is 0 Å². The normalized spacial score (nSPS) is 25.8. The molecule has 2 aliphatic rings. The molecule has 1 unspecified atom stereocenters. The molecule has 0 radical (unpaired) electrons. The van der Waals surface area contributed by atoms with Crippen LogP contribution < -0.4 is 0 Å². The van der Waals surface area contributed by atoms with Crippen LogP contribution in [0.5, 0.6) is 0 Å². The highest BCUT2D eigenvalue weighted by Gasteiger charge is 2.25. The van der Waals surface area contributed by atoms with Crippen LogP contribution in [0, 0.1) is 11.8 Å². The van der Waals surface area contributed by atoms with Crippen molar-refractivity contribution in [1.29, 1.82) is 0 Å². The molecule has 2 saturated carbocycles. The van der Waals surface area contributed by atoms with E-state index in [1.165, 1.54) is 51.5 Å². The smallest absolute Gasteiger partial charge is 0.0695 e. The van der Waals surface area contributed by atoms with Gasteiger partial charge in [0.15, 0.2) is 0 Å². The lowest BCUT2D eigenvalue weighted by molar-refractivity contribution is 0.0639. The molecule has 0 heterocycles. The van der Waals surface area contributed by atoms with Crippen molar-refractivity contribution in [3.63, 3.8) is 0 Å². The zero-order valence-corrected chi connectivity index (χ0v) is 9.99. The van der Waals surface area contributed by atoms with E-state index in [1.807, 2.05) is 0 Å². The molecule has 0 saturated heterocycles. The van der Waals surface area contributed by atoms with Gasteiger partial charge >= 0.3 is 0 Å². The van der Waals surface area contributed by atoms with Crippen LogP contribution in [0.2, 0.25) is 0 Å². The zero-order chi connectivity index (χ0) is 10.7. The molecule has 0 spiro atoms. The van der Waals surface area contributed by atoms with E-state index in [2.05, 4.69) is 11.9 Å². The third-order valence-electron chi connectivity index (χ3n) is 4.24. The predicted octanol–water partition coefficient (Wildman–Crippen LogP) is 2.27. The number of hydrogen-bond donors (Lipinski definition) is 1. The maximum absolute atomic E-state index is 10.1. The number of aliphatic hydroxyl groups excluding tert-OH is 1. The predicted molar refractivity (Wildman–Crippen MR) is 62.8 cm³/mol. The van der Waals surface area contributed by atoms with Gasteiger partial charge in [-0.1, -0.05) is 19.3 Å². The molecular formula is C13H25NO. The van der Waals surface area contributed by atoms with Gasteiger partial charge in [-0.05, 0) is 44.6 Å². The van der Waals surface area contributed by atoms with E-state index in [0.29, 0.717) is 5.92 Å². The van der Waals surface area contributed by atoms with Crippen LogP contribution in [-0.4, -0.2) is 36.2 Å². The summed E-state index contributed by atoms with van der Waals surface area (Å²) in [6.07, 6.45) is 9.31. The van der Waals surface area contributed by atoms with Gasteiger partial charge in [-0.2, -0.15) is 0 Å². The fourth-order valence-corrected chi connectivity index (χ4v) is 3.00. The summed E-state index contributed by atoms with van der Waals surface area (Å²) in [6.45, 7) is 2.09. The van der Waals surface area contributed by atoms with Crippen molar-refractivity contribution in [3.8, 4) is 0 Å². The van der Waals surface area contributed by atoms with Gasteiger partial charge in [-0.25, -0.2) is 0 Å². The van der Waals surface area contributed by atoms with Crippen LogP contribution in [0.3, 0.4) is 0 Å². The lowest BCUT2D eigenvalue weighted by Gasteiger charge is -2.32. The second kappa shape index (κ2) is 5.31. The van der Waals surface area contributed by atoms with Gasteiger partial charge < -0.3 is 10.0 Å². The Morgan fingerprint density at radius 3 is 2.33 bits per heavy atom. The molecule has 1 N–H and O–H groups in total. The fraction of sp³-hybridized carbons (Fsp3) is 1.00. The molecule has 2 rings (SSSR count). The maximum atomic E-state index is 10.1. The lowest BCUT2D eigenvalue weighted by Crippen LogP contribution is -2.37. The average Bonchev–Trinajstić information content (AvgIpc) is 2.64. The molecule has 0 aliphatic heterocycles. The van der Waals surface area contributed by atoms with Crippen LogP contribution in [0.1, 0.15) is 44.9 Å². The first-order chi connectivity index (χ1) is 7.25. The van der Waals surface area contributed by atoms with Gasteiger partial charge in [0, 0.05) is 13.1 Å². The summed E-state index contributed by atoms with van der Waals surface area (Å²) < 4.78 is 0. The molecule has 0 aromatic carbocycles. The molecule has 2 aliphatic carbocycles. The van der Waals surface area contributed by atoms with E-state index in [4.69, 9.17) is 0 Å². The number of nitrogens with zero attached hydrogens (tertiary/aromatic N) is 1. The van der Waals surface area contributed by atoms with Crippen LogP contribution in [0.4, 0.5) is 0 Å². The largest absolute Gasteiger partial charge is 0.392 e. The van der Waals surface area contributed by atoms with E-state index in [-0.39, 0.29) is 6.10 Å². The zero-order valence-electron chi connectivity index (χ0n) is 9.99. The van der Waals surface area contributed by atoms with Crippen LogP contribution in [0.15, 0.2) is 0 Å². The Morgan fingerprint density at radius 2 is 1.80 bits per heavy atom. The third kappa shape index (κ3) is 3.18. The van der Waals surface area contributed by atoms with E-state index >= 15 is 0 Å². The quantitative estimate of drug-likeness (QED) is 0.754. The molecule has 0 aromatic rings. The van der Waals surface area contributed by atoms with E-state index in [0.717, 1.165) is 12.5 Å². The highest BCUT2D eigenvalue weighted by atomic mass is 16.3. The van der Waals surface area contributed by atoms with E-state index < -0.39 is 0 Å². The van der Waals surface area contributed by atoms with Gasteiger partial charge in [0.1, 0.15) is 0 Å². The second-order valence-corrected chi connectivity index (χ2v) is 5.63. The fourth-order valence-electron chi connectivity index (χ4n) is 3.00. The molecular weight excluding hydrogens is 186 g/mol. The van der Waals surface area contributed by atoms with Gasteiger partial charge in [-0.3, -0.25) is 0 Å². The number of aliphatic hydroxyl groups is 1. The molecule has 2 nitrogen and oxygen atoms in total. The summed E-state index contributed by atoms with van der Waals surface area (Å²) >= 11 is 0. The van der Waals surface area contributed by atoms with Crippen molar-refractivity contribution in [2.45, 2.75) is 51.0 Å². The van der Waals surface area contributed by atoms with Crippen molar-refractivity contribution in [2.24, 2.45) is 11.8 Å². The Bertz CT molecular complexity index is 185. The summed E-state index contributed by atoms with van der Waals surface area (Å²) in [5.74, 6) is 1.51. The molecule has 2 heteroatoms. The van der Waals surface area contributed by atoms with E-state index in [9.17, 15) is 5.11 Å². The Kier molecular flexibility index (Phi) is 4.04. The SMILES string of the molecule is CN(CC1CCC1)CC(O)C1CCCC1.